The van der Waals surface area contributed by atoms with E-state index >= 15 is 0 Å². The lowest BCUT2D eigenvalue weighted by Gasteiger charge is -2.12. The topological polar surface area (TPSA) is 88.7 Å². The second kappa shape index (κ2) is 7.62. The van der Waals surface area contributed by atoms with E-state index in [4.69, 9.17) is 10.5 Å². The van der Waals surface area contributed by atoms with Crippen LogP contribution in [0, 0.1) is 36.5 Å². The Labute approximate surface area is 140 Å². The Bertz CT molecular complexity index is 849. The molecule has 0 spiro atoms. The van der Waals surface area contributed by atoms with Crippen molar-refractivity contribution in [2.75, 3.05) is 10.6 Å². The fourth-order valence-electron chi connectivity index (χ4n) is 2.19. The van der Waals surface area contributed by atoms with E-state index in [-0.39, 0.29) is 11.5 Å². The van der Waals surface area contributed by atoms with E-state index in [1.165, 1.54) is 6.20 Å². The monoisotopic (exact) mass is 316 g/mol. The molecular formula is C19H16N4O. The fraction of sp³-hybridized carbons (Fsp3) is 0.105. The molecule has 0 aliphatic carbocycles. The third-order valence-electron chi connectivity index (χ3n) is 3.47. The van der Waals surface area contributed by atoms with Gasteiger partial charge in [-0.3, -0.25) is 4.79 Å². The molecule has 1 amide bonds. The summed E-state index contributed by atoms with van der Waals surface area (Å²) in [6.07, 6.45) is 1.31. The first-order valence-electron chi connectivity index (χ1n) is 7.29. The van der Waals surface area contributed by atoms with Crippen LogP contribution in [0.15, 0.2) is 54.2 Å². The van der Waals surface area contributed by atoms with Gasteiger partial charge >= 0.3 is 0 Å². The normalized spacial score (nSPS) is 9.33. The summed E-state index contributed by atoms with van der Waals surface area (Å²) in [6, 6.07) is 16.2. The van der Waals surface area contributed by atoms with Crippen LogP contribution in [0.3, 0.4) is 0 Å². The highest BCUT2D eigenvalue weighted by atomic mass is 16.1. The molecule has 0 saturated carbocycles. The van der Waals surface area contributed by atoms with Gasteiger partial charge in [-0.2, -0.15) is 10.5 Å². The second-order valence-corrected chi connectivity index (χ2v) is 5.23. The minimum absolute atomic E-state index is 0.0413. The third kappa shape index (κ3) is 4.00. The van der Waals surface area contributed by atoms with Crippen molar-refractivity contribution in [3.05, 3.63) is 70.9 Å². The summed E-state index contributed by atoms with van der Waals surface area (Å²) in [5.41, 5.74) is 3.84. The van der Waals surface area contributed by atoms with Crippen molar-refractivity contribution in [2.24, 2.45) is 0 Å². The van der Waals surface area contributed by atoms with Gasteiger partial charge in [0.05, 0.1) is 0 Å². The molecule has 0 unspecified atom stereocenters. The van der Waals surface area contributed by atoms with Crippen LogP contribution in [0.2, 0.25) is 0 Å². The Balaban J connectivity index is 2.20. The average Bonchev–Trinajstić information content (AvgIpc) is 2.59. The molecule has 5 heteroatoms. The smallest absolute Gasteiger partial charge is 0.255 e. The van der Waals surface area contributed by atoms with Crippen molar-refractivity contribution in [3.8, 4) is 12.1 Å². The van der Waals surface area contributed by atoms with Crippen LogP contribution in [0.25, 0.3) is 0 Å². The number of nitrogens with zero attached hydrogens (tertiary/aromatic N) is 2. The summed E-state index contributed by atoms with van der Waals surface area (Å²) in [5.74, 6) is -0.221. The Morgan fingerprint density at radius 3 is 2.29 bits per heavy atom. The van der Waals surface area contributed by atoms with Crippen LogP contribution >= 0.6 is 0 Å². The van der Waals surface area contributed by atoms with Crippen molar-refractivity contribution in [1.82, 2.24) is 0 Å². The molecular weight excluding hydrogens is 300 g/mol. The van der Waals surface area contributed by atoms with E-state index in [0.29, 0.717) is 11.3 Å². The molecule has 2 rings (SSSR count). The maximum atomic E-state index is 12.5. The molecule has 0 saturated heterocycles. The van der Waals surface area contributed by atoms with Crippen molar-refractivity contribution >= 4 is 17.3 Å². The van der Waals surface area contributed by atoms with E-state index in [2.05, 4.69) is 10.6 Å². The number of benzene rings is 2. The summed E-state index contributed by atoms with van der Waals surface area (Å²) in [7, 11) is 0. The van der Waals surface area contributed by atoms with Crippen LogP contribution < -0.4 is 10.6 Å². The lowest BCUT2D eigenvalue weighted by molar-refractivity contribution is 0.102. The van der Waals surface area contributed by atoms with Crippen LogP contribution in [0.4, 0.5) is 11.4 Å². The molecule has 0 aromatic heterocycles. The highest BCUT2D eigenvalue weighted by Crippen LogP contribution is 2.21. The van der Waals surface area contributed by atoms with E-state index < -0.39 is 0 Å². The first-order chi connectivity index (χ1) is 11.5. The minimum Gasteiger partial charge on any atom is -0.360 e. The van der Waals surface area contributed by atoms with Crippen molar-refractivity contribution in [1.29, 1.82) is 10.5 Å². The number of hydrogen-bond acceptors (Lipinski definition) is 4. The van der Waals surface area contributed by atoms with Gasteiger partial charge < -0.3 is 10.6 Å². The largest absolute Gasteiger partial charge is 0.360 e. The molecule has 0 fully saturated rings. The summed E-state index contributed by atoms with van der Waals surface area (Å²) in [5, 5.41) is 23.2. The molecule has 118 valence electrons. The lowest BCUT2D eigenvalue weighted by Crippen LogP contribution is -2.13. The number of anilines is 2. The maximum absolute atomic E-state index is 12.5. The Morgan fingerprint density at radius 1 is 1.04 bits per heavy atom. The van der Waals surface area contributed by atoms with Gasteiger partial charge in [0.25, 0.3) is 5.91 Å². The van der Waals surface area contributed by atoms with Crippen molar-refractivity contribution < 1.29 is 4.79 Å². The number of aryl methyl sites for hydroxylation is 2. The fourth-order valence-corrected chi connectivity index (χ4v) is 2.19. The first kappa shape index (κ1) is 16.8. The number of hydrogen-bond donors (Lipinski definition) is 2. The zero-order valence-corrected chi connectivity index (χ0v) is 13.4. The number of para-hydroxylation sites is 1. The molecule has 0 heterocycles. The van der Waals surface area contributed by atoms with Gasteiger partial charge in [0.1, 0.15) is 17.7 Å². The summed E-state index contributed by atoms with van der Waals surface area (Å²) in [4.78, 5) is 12.5. The summed E-state index contributed by atoms with van der Waals surface area (Å²) >= 11 is 0. The van der Waals surface area contributed by atoms with Crippen LogP contribution in [-0.4, -0.2) is 5.91 Å². The molecule has 2 N–H and O–H groups in total. The molecule has 24 heavy (non-hydrogen) atoms. The molecule has 0 radical (unpaired) electrons. The average molecular weight is 316 g/mol. The van der Waals surface area contributed by atoms with Crippen LogP contribution in [-0.2, 0) is 0 Å². The first-order valence-corrected chi connectivity index (χ1v) is 7.29. The van der Waals surface area contributed by atoms with Gasteiger partial charge in [-0.15, -0.1) is 0 Å². The quantitative estimate of drug-likeness (QED) is 0.837. The molecule has 5 nitrogen and oxygen atoms in total. The number of nitrogens with one attached hydrogen (secondary N) is 2. The molecule has 2 aromatic carbocycles. The van der Waals surface area contributed by atoms with Gasteiger partial charge in [-0.25, -0.2) is 0 Å². The molecule has 2 aromatic rings. The second-order valence-electron chi connectivity index (χ2n) is 5.23. The van der Waals surface area contributed by atoms with Crippen LogP contribution in [0.5, 0.6) is 0 Å². The van der Waals surface area contributed by atoms with Crippen LogP contribution in [0.1, 0.15) is 21.5 Å². The number of carbonyl (C=O) groups excluding carboxylic acids is 1. The number of carbonyl (C=O) groups is 1. The Morgan fingerprint density at radius 2 is 1.67 bits per heavy atom. The lowest BCUT2D eigenvalue weighted by atomic mass is 10.1. The maximum Gasteiger partial charge on any atom is 0.255 e. The Kier molecular flexibility index (Phi) is 5.33. The van der Waals surface area contributed by atoms with Gasteiger partial charge in [0.15, 0.2) is 0 Å². The molecule has 0 aliphatic rings. The molecule has 0 bridgehead atoms. The Hall–Kier alpha value is -3.57. The van der Waals surface area contributed by atoms with Gasteiger partial charge in [0.2, 0.25) is 0 Å². The van der Waals surface area contributed by atoms with Gasteiger partial charge in [0, 0.05) is 23.1 Å². The summed E-state index contributed by atoms with van der Waals surface area (Å²) in [6.45, 7) is 3.88. The van der Waals surface area contributed by atoms with E-state index in [9.17, 15) is 4.79 Å². The zero-order valence-electron chi connectivity index (χ0n) is 13.4. The standard InChI is InChI=1S/C19H16N4O/c1-13-5-3-6-14(2)18(13)23-19(24)16-7-4-8-17(9-16)22-12-15(10-20)11-21/h3-9,12,22H,1-2H3,(H,23,24). The van der Waals surface area contributed by atoms with E-state index in [1.807, 2.05) is 32.0 Å². The number of rotatable bonds is 4. The van der Waals surface area contributed by atoms with Gasteiger partial charge in [-0.1, -0.05) is 24.3 Å². The third-order valence-corrected chi connectivity index (χ3v) is 3.47. The number of allylic oxidation sites excluding steroid dienone is 1. The van der Waals surface area contributed by atoms with Crippen molar-refractivity contribution in [2.45, 2.75) is 13.8 Å². The predicted octanol–water partition coefficient (Wildman–Crippen LogP) is 3.90. The number of nitriles is 2. The van der Waals surface area contributed by atoms with E-state index in [0.717, 1.165) is 16.8 Å². The van der Waals surface area contributed by atoms with E-state index in [1.54, 1.807) is 36.4 Å². The summed E-state index contributed by atoms with van der Waals surface area (Å²) < 4.78 is 0. The minimum atomic E-state index is -0.221. The molecule has 0 atom stereocenters. The van der Waals surface area contributed by atoms with Crippen molar-refractivity contribution in [3.63, 3.8) is 0 Å². The molecule has 0 aliphatic heterocycles. The van der Waals surface area contributed by atoms with Gasteiger partial charge in [-0.05, 0) is 43.2 Å². The number of amides is 1. The predicted molar refractivity (Wildman–Crippen MR) is 93.2 cm³/mol. The highest BCUT2D eigenvalue weighted by molar-refractivity contribution is 6.05. The highest BCUT2D eigenvalue weighted by Gasteiger charge is 2.10. The zero-order chi connectivity index (χ0) is 17.5. The SMILES string of the molecule is Cc1cccc(C)c1NC(=O)c1cccc(NC=C(C#N)C#N)c1.